The number of aromatic amines is 1. The molecular weight excluding hydrogens is 229 g/mol. The Morgan fingerprint density at radius 1 is 1.62 bits per heavy atom. The third-order valence-corrected chi connectivity index (χ3v) is 2.64. The van der Waals surface area contributed by atoms with Gasteiger partial charge in [-0.3, -0.25) is 4.79 Å². The zero-order valence-electron chi connectivity index (χ0n) is 8.58. The fourth-order valence-electron chi connectivity index (χ4n) is 1.52. The molecule has 0 saturated heterocycles. The Morgan fingerprint density at radius 3 is 3.06 bits per heavy atom. The number of nitrogens with one attached hydrogen (secondary N) is 2. The lowest BCUT2D eigenvalue weighted by Crippen LogP contribution is -2.23. The number of carbonyl (C=O) groups is 1. The molecule has 0 atom stereocenters. The van der Waals surface area contributed by atoms with Crippen LogP contribution in [0.15, 0.2) is 18.2 Å². The Morgan fingerprint density at radius 2 is 2.38 bits per heavy atom. The molecular formula is C10H10FN3OS. The molecule has 0 aliphatic rings. The Balaban J connectivity index is 2.56. The van der Waals surface area contributed by atoms with Gasteiger partial charge in [-0.25, -0.2) is 4.39 Å². The normalized spacial score (nSPS) is 10.6. The molecule has 2 rings (SSSR count). The summed E-state index contributed by atoms with van der Waals surface area (Å²) in [6, 6.07) is 4.29. The van der Waals surface area contributed by atoms with Crippen LogP contribution in [0.2, 0.25) is 0 Å². The number of amides is 1. The Kier molecular flexibility index (Phi) is 2.74. The van der Waals surface area contributed by atoms with Crippen molar-refractivity contribution in [3.63, 3.8) is 0 Å². The summed E-state index contributed by atoms with van der Waals surface area (Å²) in [4.78, 5) is 14.1. The number of benzene rings is 1. The molecule has 1 heterocycles. The van der Waals surface area contributed by atoms with Crippen molar-refractivity contribution < 1.29 is 9.18 Å². The van der Waals surface area contributed by atoms with Gasteiger partial charge in [-0.05, 0) is 30.4 Å². The smallest absolute Gasteiger partial charge is 0.239 e. The van der Waals surface area contributed by atoms with Crippen molar-refractivity contribution in [2.75, 3.05) is 7.05 Å². The van der Waals surface area contributed by atoms with Crippen LogP contribution >= 0.6 is 12.2 Å². The number of rotatable bonds is 2. The highest BCUT2D eigenvalue weighted by molar-refractivity contribution is 7.71. The van der Waals surface area contributed by atoms with E-state index in [-0.39, 0.29) is 18.3 Å². The Bertz CT molecular complexity index is 602. The first kappa shape index (κ1) is 10.8. The Hall–Kier alpha value is -1.69. The highest BCUT2D eigenvalue weighted by Gasteiger charge is 2.08. The molecule has 0 saturated carbocycles. The summed E-state index contributed by atoms with van der Waals surface area (Å²) >= 11 is 5.07. The predicted molar refractivity (Wildman–Crippen MR) is 61.1 cm³/mol. The third kappa shape index (κ3) is 1.83. The molecule has 16 heavy (non-hydrogen) atoms. The van der Waals surface area contributed by atoms with E-state index in [0.717, 1.165) is 5.52 Å². The van der Waals surface area contributed by atoms with Crippen molar-refractivity contribution in [2.45, 2.75) is 6.54 Å². The maximum absolute atomic E-state index is 13.0. The number of hydrogen-bond acceptors (Lipinski definition) is 2. The zero-order chi connectivity index (χ0) is 11.7. The average Bonchev–Trinajstić information content (AvgIpc) is 2.54. The number of nitrogens with zero attached hydrogens (tertiary/aromatic N) is 1. The quantitative estimate of drug-likeness (QED) is 0.782. The zero-order valence-corrected chi connectivity index (χ0v) is 9.40. The second-order valence-electron chi connectivity index (χ2n) is 3.35. The lowest BCUT2D eigenvalue weighted by atomic mass is 10.3. The van der Waals surface area contributed by atoms with Gasteiger partial charge in [0.25, 0.3) is 0 Å². The predicted octanol–water partition coefficient (Wildman–Crippen LogP) is 1.58. The van der Waals surface area contributed by atoms with Crippen molar-refractivity contribution >= 4 is 29.2 Å². The van der Waals surface area contributed by atoms with Crippen LogP contribution in [0.4, 0.5) is 4.39 Å². The van der Waals surface area contributed by atoms with Crippen LogP contribution in [0.1, 0.15) is 0 Å². The van der Waals surface area contributed by atoms with Crippen LogP contribution in [0.3, 0.4) is 0 Å². The van der Waals surface area contributed by atoms with Gasteiger partial charge in [0, 0.05) is 7.05 Å². The molecule has 0 radical (unpaired) electrons. The van der Waals surface area contributed by atoms with Crippen molar-refractivity contribution in [3.8, 4) is 0 Å². The summed E-state index contributed by atoms with van der Waals surface area (Å²) < 4.78 is 15.0. The van der Waals surface area contributed by atoms with Gasteiger partial charge in [0.15, 0.2) is 4.77 Å². The summed E-state index contributed by atoms with van der Waals surface area (Å²) in [5, 5.41) is 2.51. The van der Waals surface area contributed by atoms with E-state index in [1.807, 2.05) is 0 Å². The molecule has 84 valence electrons. The molecule has 0 aliphatic heterocycles. The topological polar surface area (TPSA) is 49.8 Å². The van der Waals surface area contributed by atoms with Gasteiger partial charge in [0.05, 0.1) is 11.0 Å². The number of likely N-dealkylation sites (N-methyl/N-ethyl adjacent to an activating group) is 1. The van der Waals surface area contributed by atoms with E-state index in [1.165, 1.54) is 12.1 Å². The molecule has 0 unspecified atom stereocenters. The number of hydrogen-bond donors (Lipinski definition) is 2. The molecule has 0 spiro atoms. The lowest BCUT2D eigenvalue weighted by Gasteiger charge is -2.02. The largest absolute Gasteiger partial charge is 0.358 e. The summed E-state index contributed by atoms with van der Waals surface area (Å²) in [6.07, 6.45) is 0. The Labute approximate surface area is 96.1 Å². The van der Waals surface area contributed by atoms with Crippen LogP contribution in [-0.4, -0.2) is 22.5 Å². The van der Waals surface area contributed by atoms with Crippen LogP contribution in [0, 0.1) is 10.6 Å². The van der Waals surface area contributed by atoms with E-state index < -0.39 is 0 Å². The van der Waals surface area contributed by atoms with Crippen LogP contribution in [0.25, 0.3) is 11.0 Å². The number of aromatic nitrogens is 2. The first-order valence-corrected chi connectivity index (χ1v) is 5.11. The molecule has 1 aromatic heterocycles. The van der Waals surface area contributed by atoms with E-state index in [0.29, 0.717) is 10.3 Å². The molecule has 6 heteroatoms. The fourth-order valence-corrected chi connectivity index (χ4v) is 1.79. The minimum Gasteiger partial charge on any atom is -0.358 e. The second-order valence-corrected chi connectivity index (χ2v) is 3.74. The molecule has 0 aliphatic carbocycles. The van der Waals surface area contributed by atoms with E-state index in [2.05, 4.69) is 10.3 Å². The monoisotopic (exact) mass is 239 g/mol. The van der Waals surface area contributed by atoms with Gasteiger partial charge in [-0.1, -0.05) is 0 Å². The van der Waals surface area contributed by atoms with Gasteiger partial charge in [-0.2, -0.15) is 0 Å². The summed E-state index contributed by atoms with van der Waals surface area (Å²) in [6.45, 7) is 0.126. The van der Waals surface area contributed by atoms with E-state index >= 15 is 0 Å². The van der Waals surface area contributed by atoms with Crippen LogP contribution in [-0.2, 0) is 11.3 Å². The number of imidazole rings is 1. The highest BCUT2D eigenvalue weighted by Crippen LogP contribution is 2.15. The van der Waals surface area contributed by atoms with Crippen LogP contribution in [0.5, 0.6) is 0 Å². The first-order chi connectivity index (χ1) is 7.61. The molecule has 4 nitrogen and oxygen atoms in total. The van der Waals surface area contributed by atoms with Crippen molar-refractivity contribution in [1.82, 2.24) is 14.9 Å². The number of fused-ring (bicyclic) bond motifs is 1. The lowest BCUT2D eigenvalue weighted by molar-refractivity contribution is -0.121. The molecule has 0 bridgehead atoms. The second kappa shape index (κ2) is 4.05. The number of carbonyl (C=O) groups excluding carboxylic acids is 1. The standard InChI is InChI=1S/C10H10FN3OS/c1-12-9(15)5-14-8-3-2-6(11)4-7(8)13-10(14)16/h2-4H,5H2,1H3,(H,12,15)(H,13,16). The first-order valence-electron chi connectivity index (χ1n) is 4.70. The maximum atomic E-state index is 13.0. The molecule has 2 aromatic rings. The van der Waals surface area contributed by atoms with E-state index in [9.17, 15) is 9.18 Å². The number of halogens is 1. The molecule has 1 aromatic carbocycles. The molecule has 2 N–H and O–H groups in total. The maximum Gasteiger partial charge on any atom is 0.239 e. The molecule has 1 amide bonds. The third-order valence-electron chi connectivity index (χ3n) is 2.32. The summed E-state index contributed by atoms with van der Waals surface area (Å²) in [7, 11) is 1.56. The van der Waals surface area contributed by atoms with E-state index in [4.69, 9.17) is 12.2 Å². The SMILES string of the molecule is CNC(=O)Cn1c(=S)[nH]c2cc(F)ccc21. The van der Waals surface area contributed by atoms with Crippen LogP contribution < -0.4 is 5.32 Å². The van der Waals surface area contributed by atoms with E-state index in [1.54, 1.807) is 17.7 Å². The minimum atomic E-state index is -0.337. The minimum absolute atomic E-state index is 0.126. The summed E-state index contributed by atoms with van der Waals surface area (Å²) in [5.74, 6) is -0.489. The van der Waals surface area contributed by atoms with Gasteiger partial charge in [0.2, 0.25) is 5.91 Å². The van der Waals surface area contributed by atoms with Gasteiger partial charge < -0.3 is 14.9 Å². The van der Waals surface area contributed by atoms with Gasteiger partial charge >= 0.3 is 0 Å². The highest BCUT2D eigenvalue weighted by atomic mass is 32.1. The van der Waals surface area contributed by atoms with Crippen molar-refractivity contribution in [3.05, 3.63) is 28.8 Å². The fraction of sp³-hybridized carbons (Fsp3) is 0.200. The summed E-state index contributed by atoms with van der Waals surface area (Å²) in [5.41, 5.74) is 1.31. The van der Waals surface area contributed by atoms with Crippen molar-refractivity contribution in [2.24, 2.45) is 0 Å². The van der Waals surface area contributed by atoms with Gasteiger partial charge in [-0.15, -0.1) is 0 Å². The molecule has 0 fully saturated rings. The van der Waals surface area contributed by atoms with Gasteiger partial charge in [0.1, 0.15) is 12.4 Å². The number of H-pyrrole nitrogens is 1. The van der Waals surface area contributed by atoms with Crippen molar-refractivity contribution in [1.29, 1.82) is 0 Å². The average molecular weight is 239 g/mol.